The molecule has 36 heavy (non-hydrogen) atoms. The van der Waals surface area contributed by atoms with Crippen LogP contribution in [0.2, 0.25) is 0 Å². The Morgan fingerprint density at radius 3 is 1.61 bits per heavy atom. The molecule has 0 amide bonds. The summed E-state index contributed by atoms with van der Waals surface area (Å²) in [5.74, 6) is 0. The molecule has 7 N–H and O–H groups in total. The van der Waals surface area contributed by atoms with Crippen LogP contribution in [0.4, 0.5) is 0 Å². The van der Waals surface area contributed by atoms with Crippen LogP contribution in [0.25, 0.3) is 0 Å². The minimum atomic E-state index is -1.69. The average Bonchev–Trinajstić information content (AvgIpc) is 2.88. The van der Waals surface area contributed by atoms with E-state index >= 15 is 0 Å². The van der Waals surface area contributed by atoms with Crippen molar-refractivity contribution in [1.29, 1.82) is 0 Å². The lowest BCUT2D eigenvalue weighted by atomic mass is 9.97. The van der Waals surface area contributed by atoms with Crippen molar-refractivity contribution >= 4 is 0 Å². The lowest BCUT2D eigenvalue weighted by Gasteiger charge is -2.45. The third-order valence-corrected chi connectivity index (χ3v) is 6.99. The molecule has 0 radical (unpaired) electrons. The second-order valence-electron chi connectivity index (χ2n) is 9.91. The van der Waals surface area contributed by atoms with Gasteiger partial charge in [0, 0.05) is 6.61 Å². The molecule has 0 aromatic heterocycles. The molecule has 0 aromatic carbocycles. The van der Waals surface area contributed by atoms with Gasteiger partial charge in [-0.2, -0.15) is 0 Å². The van der Waals surface area contributed by atoms with Gasteiger partial charge in [-0.05, 0) is 6.42 Å². The lowest BCUT2D eigenvalue weighted by molar-refractivity contribution is -0.359. The van der Waals surface area contributed by atoms with Crippen molar-refractivity contribution in [2.75, 3.05) is 19.8 Å². The van der Waals surface area contributed by atoms with Gasteiger partial charge in [-0.25, -0.2) is 0 Å². The van der Waals surface area contributed by atoms with Gasteiger partial charge in [-0.1, -0.05) is 71.1 Å². The molecular weight excluding hydrogens is 476 g/mol. The summed E-state index contributed by atoms with van der Waals surface area (Å²) in [6.07, 6.45) is -1.24. The van der Waals surface area contributed by atoms with E-state index in [1.807, 2.05) is 0 Å². The number of rotatable bonds is 17. The molecule has 0 aromatic rings. The standard InChI is InChI=1S/C25H48O11/c1-2-3-4-5-6-7-8-9-10-11-12-13-33-24-22(32)20(30)23(17(15-27)35-24)36-25-21(31)19(29)18(28)16(14-26)34-25/h16-32H,2-15H2,1H3/t16?,17?,18-,19?,20?,21+,22+,23-,24-,25-/m0/s1. The zero-order valence-electron chi connectivity index (χ0n) is 21.4. The monoisotopic (exact) mass is 524 g/mol. The van der Waals surface area contributed by atoms with E-state index in [-0.39, 0.29) is 0 Å². The SMILES string of the molecule is CCCCCCCCCCCCCO[C@H]1OC(CO)[C@H](O[C@@H]2OC(CO)[C@H](O)C(O)[C@H]2O)C(O)[C@H]1O. The average molecular weight is 525 g/mol. The van der Waals surface area contributed by atoms with Crippen LogP contribution in [-0.2, 0) is 18.9 Å². The van der Waals surface area contributed by atoms with Gasteiger partial charge in [0.1, 0.15) is 48.8 Å². The zero-order valence-corrected chi connectivity index (χ0v) is 21.4. The van der Waals surface area contributed by atoms with Crippen molar-refractivity contribution < 1.29 is 54.7 Å². The molecule has 0 spiro atoms. The van der Waals surface area contributed by atoms with Gasteiger partial charge in [-0.3, -0.25) is 0 Å². The molecule has 0 aliphatic carbocycles. The molecule has 11 nitrogen and oxygen atoms in total. The van der Waals surface area contributed by atoms with Crippen LogP contribution in [0, 0.1) is 0 Å². The Morgan fingerprint density at radius 1 is 0.556 bits per heavy atom. The molecule has 4 unspecified atom stereocenters. The molecule has 0 saturated carbocycles. The van der Waals surface area contributed by atoms with Crippen LogP contribution in [0.5, 0.6) is 0 Å². The van der Waals surface area contributed by atoms with E-state index in [1.165, 1.54) is 51.4 Å². The van der Waals surface area contributed by atoms with E-state index in [0.29, 0.717) is 6.61 Å². The summed E-state index contributed by atoms with van der Waals surface area (Å²) in [4.78, 5) is 0. The first kappa shape index (κ1) is 31.8. The van der Waals surface area contributed by atoms with Crippen molar-refractivity contribution in [2.24, 2.45) is 0 Å². The molecular formula is C25H48O11. The van der Waals surface area contributed by atoms with Gasteiger partial charge in [0.15, 0.2) is 12.6 Å². The largest absolute Gasteiger partial charge is 0.394 e. The molecule has 2 rings (SSSR count). The number of aliphatic hydroxyl groups excluding tert-OH is 7. The van der Waals surface area contributed by atoms with Gasteiger partial charge in [0.05, 0.1) is 13.2 Å². The Balaban J connectivity index is 1.71. The van der Waals surface area contributed by atoms with Crippen LogP contribution in [0.15, 0.2) is 0 Å². The maximum atomic E-state index is 10.6. The van der Waals surface area contributed by atoms with E-state index in [1.54, 1.807) is 0 Å². The predicted octanol–water partition coefficient (Wildman–Crippen LogP) is -0.0619. The Morgan fingerprint density at radius 2 is 1.06 bits per heavy atom. The molecule has 214 valence electrons. The highest BCUT2D eigenvalue weighted by molar-refractivity contribution is 4.94. The normalized spacial score (nSPS) is 37.3. The maximum absolute atomic E-state index is 10.6. The summed E-state index contributed by atoms with van der Waals surface area (Å²) in [5.41, 5.74) is 0. The minimum absolute atomic E-state index is 0.321. The smallest absolute Gasteiger partial charge is 0.187 e. The molecule has 2 aliphatic rings. The predicted molar refractivity (Wildman–Crippen MR) is 129 cm³/mol. The summed E-state index contributed by atoms with van der Waals surface area (Å²) in [6.45, 7) is 1.32. The first-order valence-electron chi connectivity index (χ1n) is 13.6. The zero-order chi connectivity index (χ0) is 26.5. The van der Waals surface area contributed by atoms with Crippen molar-refractivity contribution in [3.8, 4) is 0 Å². The van der Waals surface area contributed by atoms with Crippen molar-refractivity contribution in [3.05, 3.63) is 0 Å². The number of aliphatic hydroxyl groups is 7. The molecule has 2 aliphatic heterocycles. The first-order chi connectivity index (χ1) is 17.3. The van der Waals surface area contributed by atoms with Crippen LogP contribution in [-0.4, -0.2) is 117 Å². The van der Waals surface area contributed by atoms with Crippen molar-refractivity contribution in [1.82, 2.24) is 0 Å². The van der Waals surface area contributed by atoms with Gasteiger partial charge in [-0.15, -0.1) is 0 Å². The number of hydrogen-bond acceptors (Lipinski definition) is 11. The van der Waals surface area contributed by atoms with Gasteiger partial charge in [0.2, 0.25) is 0 Å². The van der Waals surface area contributed by atoms with Crippen molar-refractivity contribution in [3.63, 3.8) is 0 Å². The summed E-state index contributed by atoms with van der Waals surface area (Å²) >= 11 is 0. The van der Waals surface area contributed by atoms with Crippen LogP contribution < -0.4 is 0 Å². The highest BCUT2D eigenvalue weighted by Crippen LogP contribution is 2.29. The van der Waals surface area contributed by atoms with E-state index < -0.39 is 74.6 Å². The lowest BCUT2D eigenvalue weighted by Crippen LogP contribution is -2.64. The topological polar surface area (TPSA) is 179 Å². The van der Waals surface area contributed by atoms with E-state index in [9.17, 15) is 35.7 Å². The Kier molecular flexibility index (Phi) is 15.2. The van der Waals surface area contributed by atoms with E-state index in [0.717, 1.165) is 19.3 Å². The van der Waals surface area contributed by atoms with E-state index in [4.69, 9.17) is 18.9 Å². The molecule has 10 atom stereocenters. The van der Waals surface area contributed by atoms with Gasteiger partial charge >= 0.3 is 0 Å². The fourth-order valence-electron chi connectivity index (χ4n) is 4.66. The summed E-state index contributed by atoms with van der Waals surface area (Å²) in [5, 5.41) is 70.2. The molecule has 2 heterocycles. The summed E-state index contributed by atoms with van der Waals surface area (Å²) < 4.78 is 22.1. The highest BCUT2D eigenvalue weighted by atomic mass is 16.7. The van der Waals surface area contributed by atoms with Gasteiger partial charge < -0.3 is 54.7 Å². The molecule has 11 heteroatoms. The molecule has 0 bridgehead atoms. The fourth-order valence-corrected chi connectivity index (χ4v) is 4.66. The third-order valence-electron chi connectivity index (χ3n) is 6.99. The van der Waals surface area contributed by atoms with Crippen LogP contribution in [0.1, 0.15) is 77.6 Å². The van der Waals surface area contributed by atoms with Crippen LogP contribution >= 0.6 is 0 Å². The first-order valence-corrected chi connectivity index (χ1v) is 13.6. The van der Waals surface area contributed by atoms with E-state index in [2.05, 4.69) is 6.92 Å². The number of ether oxygens (including phenoxy) is 4. The highest BCUT2D eigenvalue weighted by Gasteiger charge is 2.50. The quantitative estimate of drug-likeness (QED) is 0.127. The Bertz CT molecular complexity index is 564. The molecule has 2 fully saturated rings. The second-order valence-corrected chi connectivity index (χ2v) is 9.91. The van der Waals surface area contributed by atoms with Gasteiger partial charge in [0.25, 0.3) is 0 Å². The maximum Gasteiger partial charge on any atom is 0.187 e. The Labute approximate surface area is 214 Å². The number of hydrogen-bond donors (Lipinski definition) is 7. The fraction of sp³-hybridized carbons (Fsp3) is 1.00. The third kappa shape index (κ3) is 9.39. The Hall–Kier alpha value is -0.440. The van der Waals surface area contributed by atoms with Crippen LogP contribution in [0.3, 0.4) is 0 Å². The molecule has 2 saturated heterocycles. The minimum Gasteiger partial charge on any atom is -0.394 e. The summed E-state index contributed by atoms with van der Waals surface area (Å²) in [7, 11) is 0. The number of unbranched alkanes of at least 4 members (excludes halogenated alkanes) is 10. The second kappa shape index (κ2) is 17.2. The summed E-state index contributed by atoms with van der Waals surface area (Å²) in [6, 6.07) is 0. The van der Waals surface area contributed by atoms with Crippen molar-refractivity contribution in [2.45, 2.75) is 139 Å².